The molecule has 0 aromatic carbocycles. The van der Waals surface area contributed by atoms with Crippen LogP contribution in [-0.2, 0) is 6.54 Å². The number of pyridine rings is 1. The Morgan fingerprint density at radius 1 is 1.23 bits per heavy atom. The molecule has 5 heteroatoms. The molecule has 1 rings (SSSR count). The Morgan fingerprint density at radius 2 is 1.86 bits per heavy atom. The summed E-state index contributed by atoms with van der Waals surface area (Å²) in [5, 5.41) is 3.01. The van der Waals surface area contributed by atoms with Crippen molar-refractivity contribution in [2.45, 2.75) is 40.3 Å². The van der Waals surface area contributed by atoms with Crippen LogP contribution in [0.2, 0.25) is 0 Å². The number of rotatable bonds is 6. The lowest BCUT2D eigenvalue weighted by atomic mass is 10.0. The minimum absolute atomic E-state index is 0.0616. The number of hydrogen-bond acceptors (Lipinski definition) is 3. The van der Waals surface area contributed by atoms with E-state index in [2.05, 4.69) is 29.0 Å². The lowest BCUT2D eigenvalue weighted by Gasteiger charge is -2.29. The summed E-state index contributed by atoms with van der Waals surface area (Å²) in [6, 6.07) is 4.33. The molecule has 1 atom stereocenters. The smallest absolute Gasteiger partial charge is 0.317 e. The Hall–Kier alpha value is -1.62. The molecule has 0 spiro atoms. The predicted octanol–water partition coefficient (Wildman–Crippen LogP) is 2.43. The zero-order valence-electron chi connectivity index (χ0n) is 15.0. The highest BCUT2D eigenvalue weighted by atomic mass is 16.2. The normalized spacial score (nSPS) is 12.6. The molecule has 22 heavy (non-hydrogen) atoms. The molecule has 1 heterocycles. The van der Waals surface area contributed by atoms with Gasteiger partial charge in [0.2, 0.25) is 0 Å². The number of carbonyl (C=O) groups is 1. The first-order chi connectivity index (χ1) is 10.2. The van der Waals surface area contributed by atoms with Crippen molar-refractivity contribution in [2.75, 3.05) is 27.7 Å². The Bertz CT molecular complexity index is 471. The number of carbonyl (C=O) groups excluding carboxylic acids is 1. The molecule has 0 aliphatic rings. The van der Waals surface area contributed by atoms with Gasteiger partial charge in [0.1, 0.15) is 0 Å². The second-order valence-corrected chi connectivity index (χ2v) is 6.59. The van der Waals surface area contributed by atoms with Gasteiger partial charge >= 0.3 is 6.03 Å². The van der Waals surface area contributed by atoms with Gasteiger partial charge in [-0.2, -0.15) is 0 Å². The zero-order chi connectivity index (χ0) is 16.9. The summed E-state index contributed by atoms with van der Waals surface area (Å²) in [6.07, 6.45) is 0. The van der Waals surface area contributed by atoms with Gasteiger partial charge in [-0.25, -0.2) is 4.79 Å². The van der Waals surface area contributed by atoms with E-state index in [4.69, 9.17) is 0 Å². The summed E-state index contributed by atoms with van der Waals surface area (Å²) < 4.78 is 0. The molecule has 0 unspecified atom stereocenters. The Kier molecular flexibility index (Phi) is 6.81. The highest BCUT2D eigenvalue weighted by Gasteiger charge is 2.18. The first kappa shape index (κ1) is 18.4. The van der Waals surface area contributed by atoms with Crippen LogP contribution < -0.4 is 5.32 Å². The van der Waals surface area contributed by atoms with Crippen LogP contribution in [0.4, 0.5) is 4.79 Å². The van der Waals surface area contributed by atoms with E-state index in [1.165, 1.54) is 5.56 Å². The molecule has 1 aromatic heterocycles. The second kappa shape index (κ2) is 8.13. The van der Waals surface area contributed by atoms with Crippen molar-refractivity contribution in [3.8, 4) is 0 Å². The molecule has 0 fully saturated rings. The van der Waals surface area contributed by atoms with Crippen LogP contribution in [0.3, 0.4) is 0 Å². The lowest BCUT2D eigenvalue weighted by Crippen LogP contribution is -2.46. The molecule has 5 nitrogen and oxygen atoms in total. The molecule has 0 aliphatic heterocycles. The summed E-state index contributed by atoms with van der Waals surface area (Å²) in [6.45, 7) is 9.51. The highest BCUT2D eigenvalue weighted by Crippen LogP contribution is 2.08. The van der Waals surface area contributed by atoms with Crippen molar-refractivity contribution in [1.82, 2.24) is 20.1 Å². The van der Waals surface area contributed by atoms with Crippen LogP contribution in [0.25, 0.3) is 0 Å². The summed E-state index contributed by atoms with van der Waals surface area (Å²) in [5.74, 6) is 0.488. The molecular formula is C17H30N4O. The van der Waals surface area contributed by atoms with E-state index >= 15 is 0 Å². The first-order valence-electron chi connectivity index (χ1n) is 7.80. The molecule has 0 radical (unpaired) electrons. The quantitative estimate of drug-likeness (QED) is 0.878. The molecule has 124 valence electrons. The topological polar surface area (TPSA) is 48.5 Å². The highest BCUT2D eigenvalue weighted by molar-refractivity contribution is 5.73. The lowest BCUT2D eigenvalue weighted by molar-refractivity contribution is 0.190. The first-order valence-corrected chi connectivity index (χ1v) is 7.80. The average molecular weight is 306 g/mol. The number of nitrogens with zero attached hydrogens (tertiary/aromatic N) is 3. The molecule has 0 bridgehead atoms. The molecule has 1 N–H and O–H groups in total. The van der Waals surface area contributed by atoms with Crippen molar-refractivity contribution >= 4 is 6.03 Å². The molecule has 0 saturated carbocycles. The standard InChI is InChI=1S/C17H30N4O/c1-12(2)16(20(5)6)10-18-17(22)21(7)11-15-9-13(3)8-14(4)19-15/h8-9,12,16H,10-11H2,1-7H3,(H,18,22)/t16-/m1/s1. The number of nitrogens with one attached hydrogen (secondary N) is 1. The maximum Gasteiger partial charge on any atom is 0.317 e. The van der Waals surface area contributed by atoms with Gasteiger partial charge in [0.15, 0.2) is 0 Å². The fraction of sp³-hybridized carbons (Fsp3) is 0.647. The van der Waals surface area contributed by atoms with Gasteiger partial charge < -0.3 is 15.1 Å². The monoisotopic (exact) mass is 306 g/mol. The average Bonchev–Trinajstić information content (AvgIpc) is 2.36. The van der Waals surface area contributed by atoms with E-state index in [0.717, 1.165) is 11.4 Å². The minimum atomic E-state index is -0.0616. The second-order valence-electron chi connectivity index (χ2n) is 6.59. The number of likely N-dealkylation sites (N-methyl/N-ethyl adjacent to an activating group) is 1. The van der Waals surface area contributed by atoms with Gasteiger partial charge in [-0.1, -0.05) is 13.8 Å². The third kappa shape index (κ3) is 5.64. The van der Waals surface area contributed by atoms with Crippen molar-refractivity contribution < 1.29 is 4.79 Å². The van der Waals surface area contributed by atoms with Gasteiger partial charge in [-0.05, 0) is 51.6 Å². The Labute approximate surface area is 134 Å². The zero-order valence-corrected chi connectivity index (χ0v) is 15.0. The third-order valence-electron chi connectivity index (χ3n) is 3.79. The van der Waals surface area contributed by atoms with Crippen molar-refractivity contribution in [2.24, 2.45) is 5.92 Å². The predicted molar refractivity (Wildman–Crippen MR) is 90.9 cm³/mol. The van der Waals surface area contributed by atoms with E-state index in [1.807, 2.05) is 40.1 Å². The maximum absolute atomic E-state index is 12.2. The van der Waals surface area contributed by atoms with Crippen LogP contribution in [0.1, 0.15) is 30.8 Å². The minimum Gasteiger partial charge on any atom is -0.336 e. The third-order valence-corrected chi connectivity index (χ3v) is 3.79. The van der Waals surface area contributed by atoms with Crippen LogP contribution in [0.15, 0.2) is 12.1 Å². The van der Waals surface area contributed by atoms with E-state index in [9.17, 15) is 4.79 Å². The number of hydrogen-bond donors (Lipinski definition) is 1. The number of amides is 2. The van der Waals surface area contributed by atoms with Gasteiger partial charge in [0, 0.05) is 25.3 Å². The van der Waals surface area contributed by atoms with Gasteiger partial charge in [0.05, 0.1) is 12.2 Å². The maximum atomic E-state index is 12.2. The fourth-order valence-electron chi connectivity index (χ4n) is 2.66. The largest absolute Gasteiger partial charge is 0.336 e. The van der Waals surface area contributed by atoms with Gasteiger partial charge in [-0.15, -0.1) is 0 Å². The SMILES string of the molecule is Cc1cc(C)nc(CN(C)C(=O)NC[C@H](C(C)C)N(C)C)c1. The summed E-state index contributed by atoms with van der Waals surface area (Å²) in [7, 11) is 5.88. The van der Waals surface area contributed by atoms with Crippen LogP contribution in [-0.4, -0.2) is 54.5 Å². The van der Waals surface area contributed by atoms with E-state index < -0.39 is 0 Å². The van der Waals surface area contributed by atoms with Crippen LogP contribution in [0.5, 0.6) is 0 Å². The van der Waals surface area contributed by atoms with Crippen LogP contribution in [0, 0.1) is 19.8 Å². The fourth-order valence-corrected chi connectivity index (χ4v) is 2.66. The summed E-state index contributed by atoms with van der Waals surface area (Å²) >= 11 is 0. The summed E-state index contributed by atoms with van der Waals surface area (Å²) in [5.41, 5.74) is 3.07. The summed E-state index contributed by atoms with van der Waals surface area (Å²) in [4.78, 5) is 20.5. The molecule has 2 amide bonds. The Balaban J connectivity index is 2.58. The molecule has 1 aromatic rings. The Morgan fingerprint density at radius 3 is 2.36 bits per heavy atom. The molecule has 0 saturated heterocycles. The van der Waals surface area contributed by atoms with Crippen molar-refractivity contribution in [3.63, 3.8) is 0 Å². The van der Waals surface area contributed by atoms with Crippen LogP contribution >= 0.6 is 0 Å². The molecular weight excluding hydrogens is 276 g/mol. The van der Waals surface area contributed by atoms with Gasteiger partial charge in [-0.3, -0.25) is 4.98 Å². The van der Waals surface area contributed by atoms with Gasteiger partial charge in [0.25, 0.3) is 0 Å². The molecule has 0 aliphatic carbocycles. The van der Waals surface area contributed by atoms with Crippen molar-refractivity contribution in [1.29, 1.82) is 0 Å². The number of aromatic nitrogens is 1. The van der Waals surface area contributed by atoms with E-state index in [-0.39, 0.29) is 6.03 Å². The van der Waals surface area contributed by atoms with Crippen molar-refractivity contribution in [3.05, 3.63) is 29.1 Å². The number of aryl methyl sites for hydroxylation is 2. The number of urea groups is 1. The van der Waals surface area contributed by atoms with E-state index in [0.29, 0.717) is 25.0 Å². The van der Waals surface area contributed by atoms with E-state index in [1.54, 1.807) is 11.9 Å².